The third-order valence-electron chi connectivity index (χ3n) is 3.49. The molecule has 3 nitrogen and oxygen atoms in total. The summed E-state index contributed by atoms with van der Waals surface area (Å²) in [7, 11) is 0. The molecule has 0 aliphatic heterocycles. The van der Waals surface area contributed by atoms with Gasteiger partial charge < -0.3 is 10.5 Å². The summed E-state index contributed by atoms with van der Waals surface area (Å²) in [6.07, 6.45) is -0.169. The van der Waals surface area contributed by atoms with E-state index in [1.54, 1.807) is 0 Å². The van der Waals surface area contributed by atoms with Crippen LogP contribution in [-0.2, 0) is 9.53 Å². The van der Waals surface area contributed by atoms with Crippen LogP contribution in [-0.4, -0.2) is 18.6 Å². The second-order valence-electron chi connectivity index (χ2n) is 5.53. The number of ether oxygens (including phenoxy) is 1. The van der Waals surface area contributed by atoms with Crippen molar-refractivity contribution < 1.29 is 9.53 Å². The number of esters is 1. The first kappa shape index (κ1) is 15.7. The van der Waals surface area contributed by atoms with E-state index in [2.05, 4.69) is 45.9 Å². The molecule has 0 aliphatic rings. The Balaban J connectivity index is 3.03. The SMILES string of the molecule is Cc1ccc(C(C(C)C)C(C)OC(=O)CN)c(C)c1. The van der Waals surface area contributed by atoms with Gasteiger partial charge in [0.05, 0.1) is 6.54 Å². The number of aryl methyl sites for hydroxylation is 2. The van der Waals surface area contributed by atoms with Gasteiger partial charge in [-0.25, -0.2) is 0 Å². The van der Waals surface area contributed by atoms with Gasteiger partial charge in [0.2, 0.25) is 0 Å². The zero-order valence-corrected chi connectivity index (χ0v) is 12.6. The molecule has 3 heteroatoms. The van der Waals surface area contributed by atoms with Crippen LogP contribution in [0.4, 0.5) is 0 Å². The summed E-state index contributed by atoms with van der Waals surface area (Å²) in [5.74, 6) is 0.237. The molecule has 0 fully saturated rings. The highest BCUT2D eigenvalue weighted by Crippen LogP contribution is 2.32. The minimum absolute atomic E-state index is 0.0674. The number of carbonyl (C=O) groups is 1. The average Bonchev–Trinajstić information content (AvgIpc) is 2.31. The second kappa shape index (κ2) is 6.71. The lowest BCUT2D eigenvalue weighted by Crippen LogP contribution is -2.29. The van der Waals surface area contributed by atoms with E-state index in [-0.39, 0.29) is 24.5 Å². The van der Waals surface area contributed by atoms with Gasteiger partial charge in [-0.3, -0.25) is 4.79 Å². The van der Waals surface area contributed by atoms with Crippen LogP contribution in [0.1, 0.15) is 43.4 Å². The Kier molecular flexibility index (Phi) is 5.55. The van der Waals surface area contributed by atoms with Gasteiger partial charge in [-0.15, -0.1) is 0 Å². The molecule has 0 heterocycles. The van der Waals surface area contributed by atoms with Gasteiger partial charge in [0, 0.05) is 5.92 Å². The molecule has 2 unspecified atom stereocenters. The fourth-order valence-electron chi connectivity index (χ4n) is 2.68. The summed E-state index contributed by atoms with van der Waals surface area (Å²) >= 11 is 0. The zero-order chi connectivity index (χ0) is 14.6. The fourth-order valence-corrected chi connectivity index (χ4v) is 2.68. The van der Waals surface area contributed by atoms with Gasteiger partial charge in [-0.2, -0.15) is 0 Å². The molecule has 0 spiro atoms. The molecule has 1 aromatic rings. The topological polar surface area (TPSA) is 52.3 Å². The third-order valence-corrected chi connectivity index (χ3v) is 3.49. The van der Waals surface area contributed by atoms with Gasteiger partial charge in [0.1, 0.15) is 6.10 Å². The molecule has 0 bridgehead atoms. The largest absolute Gasteiger partial charge is 0.461 e. The molecule has 0 aromatic heterocycles. The normalized spacial score (nSPS) is 14.3. The van der Waals surface area contributed by atoms with Crippen LogP contribution in [0.5, 0.6) is 0 Å². The van der Waals surface area contributed by atoms with Crippen molar-refractivity contribution >= 4 is 5.97 Å². The smallest absolute Gasteiger partial charge is 0.319 e. The van der Waals surface area contributed by atoms with Crippen molar-refractivity contribution in [2.24, 2.45) is 11.7 Å². The first-order valence-electron chi connectivity index (χ1n) is 6.83. The lowest BCUT2D eigenvalue weighted by molar-refractivity contribution is -0.148. The molecule has 19 heavy (non-hydrogen) atoms. The van der Waals surface area contributed by atoms with Crippen molar-refractivity contribution in [2.45, 2.75) is 46.6 Å². The highest BCUT2D eigenvalue weighted by Gasteiger charge is 2.26. The van der Waals surface area contributed by atoms with Crippen molar-refractivity contribution in [1.29, 1.82) is 0 Å². The molecule has 1 rings (SSSR count). The van der Waals surface area contributed by atoms with Crippen LogP contribution in [0.3, 0.4) is 0 Å². The number of benzene rings is 1. The third kappa shape index (κ3) is 4.06. The molecule has 2 atom stereocenters. The Hall–Kier alpha value is -1.35. The molecule has 0 saturated carbocycles. The Morgan fingerprint density at radius 1 is 1.26 bits per heavy atom. The predicted molar refractivity (Wildman–Crippen MR) is 78.1 cm³/mol. The summed E-state index contributed by atoms with van der Waals surface area (Å²) in [6, 6.07) is 6.42. The second-order valence-corrected chi connectivity index (χ2v) is 5.53. The van der Waals surface area contributed by atoms with E-state index < -0.39 is 0 Å². The van der Waals surface area contributed by atoms with Gasteiger partial charge in [-0.1, -0.05) is 37.6 Å². The maximum atomic E-state index is 11.4. The van der Waals surface area contributed by atoms with E-state index in [1.807, 2.05) is 6.92 Å². The van der Waals surface area contributed by atoms with Crippen LogP contribution in [0, 0.1) is 19.8 Å². The zero-order valence-electron chi connectivity index (χ0n) is 12.6. The number of nitrogens with two attached hydrogens (primary N) is 1. The number of hydrogen-bond donors (Lipinski definition) is 1. The first-order valence-corrected chi connectivity index (χ1v) is 6.83. The highest BCUT2D eigenvalue weighted by molar-refractivity contribution is 5.71. The van der Waals surface area contributed by atoms with Crippen LogP contribution < -0.4 is 5.73 Å². The van der Waals surface area contributed by atoms with Gasteiger partial charge >= 0.3 is 5.97 Å². The Labute approximate surface area is 116 Å². The standard InChI is InChI=1S/C16H25NO2/c1-10(2)16(13(5)19-15(18)9-17)14-7-6-11(3)8-12(14)4/h6-8,10,13,16H,9,17H2,1-5H3. The molecule has 1 aromatic carbocycles. The molecule has 0 aliphatic carbocycles. The molecular weight excluding hydrogens is 238 g/mol. The lowest BCUT2D eigenvalue weighted by Gasteiger charge is -2.29. The van der Waals surface area contributed by atoms with Gasteiger partial charge in [0.25, 0.3) is 0 Å². The molecule has 0 radical (unpaired) electrons. The minimum atomic E-state index is -0.345. The van der Waals surface area contributed by atoms with E-state index in [1.165, 1.54) is 16.7 Å². The highest BCUT2D eigenvalue weighted by atomic mass is 16.5. The average molecular weight is 263 g/mol. The number of rotatable bonds is 5. The van der Waals surface area contributed by atoms with E-state index in [0.29, 0.717) is 5.92 Å². The first-order chi connectivity index (χ1) is 8.86. The summed E-state index contributed by atoms with van der Waals surface area (Å²) in [4.78, 5) is 11.4. The Morgan fingerprint density at radius 2 is 1.89 bits per heavy atom. The van der Waals surface area contributed by atoms with Crippen molar-refractivity contribution in [2.75, 3.05) is 6.54 Å². The van der Waals surface area contributed by atoms with Gasteiger partial charge in [0.15, 0.2) is 0 Å². The summed E-state index contributed by atoms with van der Waals surface area (Å²) in [6.45, 7) is 10.4. The molecule has 0 saturated heterocycles. The maximum absolute atomic E-state index is 11.4. The van der Waals surface area contributed by atoms with Crippen LogP contribution >= 0.6 is 0 Å². The quantitative estimate of drug-likeness (QED) is 0.831. The molecule has 106 valence electrons. The van der Waals surface area contributed by atoms with Crippen LogP contribution in [0.15, 0.2) is 18.2 Å². The fraction of sp³-hybridized carbons (Fsp3) is 0.562. The predicted octanol–water partition coefficient (Wildman–Crippen LogP) is 2.93. The number of carbonyl (C=O) groups excluding carboxylic acids is 1. The Bertz CT molecular complexity index is 440. The summed E-state index contributed by atoms with van der Waals surface area (Å²) in [5, 5.41) is 0. The van der Waals surface area contributed by atoms with Crippen molar-refractivity contribution in [3.05, 3.63) is 34.9 Å². The van der Waals surface area contributed by atoms with E-state index >= 15 is 0 Å². The van der Waals surface area contributed by atoms with Gasteiger partial charge in [-0.05, 0) is 37.8 Å². The molecular formula is C16H25NO2. The minimum Gasteiger partial charge on any atom is -0.461 e. The molecule has 0 amide bonds. The summed E-state index contributed by atoms with van der Waals surface area (Å²) in [5.41, 5.74) is 9.05. The Morgan fingerprint density at radius 3 is 2.37 bits per heavy atom. The monoisotopic (exact) mass is 263 g/mol. The van der Waals surface area contributed by atoms with E-state index in [4.69, 9.17) is 10.5 Å². The van der Waals surface area contributed by atoms with Crippen molar-refractivity contribution in [3.8, 4) is 0 Å². The summed E-state index contributed by atoms with van der Waals surface area (Å²) < 4.78 is 5.40. The van der Waals surface area contributed by atoms with Crippen LogP contribution in [0.25, 0.3) is 0 Å². The number of hydrogen-bond acceptors (Lipinski definition) is 3. The maximum Gasteiger partial charge on any atom is 0.319 e. The van der Waals surface area contributed by atoms with Crippen molar-refractivity contribution in [3.63, 3.8) is 0 Å². The lowest BCUT2D eigenvalue weighted by atomic mass is 9.82. The van der Waals surface area contributed by atoms with Crippen LogP contribution in [0.2, 0.25) is 0 Å². The van der Waals surface area contributed by atoms with E-state index in [0.717, 1.165) is 0 Å². The van der Waals surface area contributed by atoms with E-state index in [9.17, 15) is 4.79 Å². The molecule has 2 N–H and O–H groups in total. The van der Waals surface area contributed by atoms with Crippen molar-refractivity contribution in [1.82, 2.24) is 0 Å².